The van der Waals surface area contributed by atoms with E-state index in [1.165, 1.54) is 12.8 Å². The quantitative estimate of drug-likeness (QED) is 0.876. The average Bonchev–Trinajstić information content (AvgIpc) is 3.08. The summed E-state index contributed by atoms with van der Waals surface area (Å²) in [4.78, 5) is 19.8. The zero-order valence-electron chi connectivity index (χ0n) is 15.8. The van der Waals surface area contributed by atoms with Crippen LogP contribution in [0.5, 0.6) is 0 Å². The Bertz CT molecular complexity index is 822. The average molecular weight is 358 g/mol. The summed E-state index contributed by atoms with van der Waals surface area (Å²) in [5.74, 6) is 2.92. The first-order valence-electron chi connectivity index (χ1n) is 9.19. The minimum absolute atomic E-state index is 0.0777. The van der Waals surface area contributed by atoms with Crippen LogP contribution in [0.2, 0.25) is 0 Å². The van der Waals surface area contributed by atoms with Gasteiger partial charge in [0.25, 0.3) is 5.91 Å². The van der Waals surface area contributed by atoms with E-state index in [0.29, 0.717) is 25.0 Å². The second kappa shape index (κ2) is 6.50. The van der Waals surface area contributed by atoms with Gasteiger partial charge in [-0.1, -0.05) is 0 Å². The highest BCUT2D eigenvalue weighted by Gasteiger charge is 2.46. The molecule has 8 nitrogen and oxygen atoms in total. The minimum atomic E-state index is 0.0777. The van der Waals surface area contributed by atoms with E-state index in [0.717, 1.165) is 35.1 Å². The van der Waals surface area contributed by atoms with E-state index < -0.39 is 0 Å². The van der Waals surface area contributed by atoms with Crippen molar-refractivity contribution in [3.05, 3.63) is 28.6 Å². The van der Waals surface area contributed by atoms with Crippen LogP contribution in [0.3, 0.4) is 0 Å². The van der Waals surface area contributed by atoms with Gasteiger partial charge in [0.05, 0.1) is 11.3 Å². The summed E-state index contributed by atoms with van der Waals surface area (Å²) >= 11 is 0. The molecule has 0 aromatic carbocycles. The number of hydrogen-bond acceptors (Lipinski definition) is 5. The van der Waals surface area contributed by atoms with E-state index >= 15 is 0 Å². The standard InChI is InChI=1S/C18H26N6O2/c1-10-16(11(2)23(3)22-10)18(25)24-7-13(12-5-6-12)14(8-24)17-19-15(9-26-4)20-21-17/h12-14H,5-9H2,1-4H3,(H,19,20,21)/t13-,14+/m1/s1. The first-order chi connectivity index (χ1) is 12.5. The fraction of sp³-hybridized carbons (Fsp3) is 0.667. The number of aryl methyl sites for hydroxylation is 2. The molecule has 140 valence electrons. The first kappa shape index (κ1) is 17.2. The van der Waals surface area contributed by atoms with E-state index in [1.54, 1.807) is 11.8 Å². The number of likely N-dealkylation sites (tertiary alicyclic amines) is 1. The highest BCUT2D eigenvalue weighted by molar-refractivity contribution is 5.96. The number of aromatic nitrogens is 5. The molecule has 8 heteroatoms. The monoisotopic (exact) mass is 358 g/mol. The van der Waals surface area contributed by atoms with Crippen molar-refractivity contribution in [1.82, 2.24) is 29.9 Å². The highest BCUT2D eigenvalue weighted by Crippen LogP contribution is 2.47. The van der Waals surface area contributed by atoms with Crippen molar-refractivity contribution in [2.45, 2.75) is 39.2 Å². The summed E-state index contributed by atoms with van der Waals surface area (Å²) in [6, 6.07) is 0. The lowest BCUT2D eigenvalue weighted by atomic mass is 9.91. The van der Waals surface area contributed by atoms with E-state index in [1.807, 2.05) is 25.8 Å². The number of nitrogens with one attached hydrogen (secondary N) is 1. The number of ether oxygens (including phenoxy) is 1. The maximum Gasteiger partial charge on any atom is 0.257 e. The van der Waals surface area contributed by atoms with Crippen molar-refractivity contribution in [2.24, 2.45) is 18.9 Å². The van der Waals surface area contributed by atoms with Crippen LogP contribution in [0, 0.1) is 25.7 Å². The van der Waals surface area contributed by atoms with Crippen molar-refractivity contribution in [2.75, 3.05) is 20.2 Å². The third-order valence-corrected chi connectivity index (χ3v) is 5.76. The molecule has 1 saturated heterocycles. The third kappa shape index (κ3) is 2.92. The number of H-pyrrole nitrogens is 1. The van der Waals surface area contributed by atoms with Gasteiger partial charge in [0, 0.05) is 38.9 Å². The van der Waals surface area contributed by atoms with Gasteiger partial charge in [-0.3, -0.25) is 14.6 Å². The van der Waals surface area contributed by atoms with Crippen LogP contribution >= 0.6 is 0 Å². The lowest BCUT2D eigenvalue weighted by Gasteiger charge is -2.16. The SMILES string of the molecule is COCc1nc([C@H]2CN(C(=O)c3c(C)nn(C)c3C)C[C@@H]2C2CC2)n[nH]1. The molecule has 2 aromatic rings. The van der Waals surface area contributed by atoms with Gasteiger partial charge in [-0.05, 0) is 38.5 Å². The molecule has 0 radical (unpaired) electrons. The lowest BCUT2D eigenvalue weighted by Crippen LogP contribution is -2.30. The van der Waals surface area contributed by atoms with Crippen molar-refractivity contribution in [3.63, 3.8) is 0 Å². The normalized spacial score (nSPS) is 23.0. The minimum Gasteiger partial charge on any atom is -0.377 e. The number of aromatic amines is 1. The molecular formula is C18H26N6O2. The molecular weight excluding hydrogens is 332 g/mol. The van der Waals surface area contributed by atoms with Crippen LogP contribution in [0.25, 0.3) is 0 Å². The first-order valence-corrected chi connectivity index (χ1v) is 9.19. The van der Waals surface area contributed by atoms with Crippen molar-refractivity contribution >= 4 is 5.91 Å². The molecule has 2 aromatic heterocycles. The number of nitrogens with zero attached hydrogens (tertiary/aromatic N) is 5. The number of methoxy groups -OCH3 is 1. The molecule has 1 aliphatic carbocycles. The lowest BCUT2D eigenvalue weighted by molar-refractivity contribution is 0.0783. The zero-order chi connectivity index (χ0) is 18.4. The number of carbonyl (C=O) groups excluding carboxylic acids is 1. The summed E-state index contributed by atoms with van der Waals surface area (Å²) in [6.07, 6.45) is 2.48. The summed E-state index contributed by atoms with van der Waals surface area (Å²) in [5.41, 5.74) is 2.44. The topological polar surface area (TPSA) is 88.9 Å². The molecule has 1 N–H and O–H groups in total. The largest absolute Gasteiger partial charge is 0.377 e. The Morgan fingerprint density at radius 2 is 2.08 bits per heavy atom. The maximum absolute atomic E-state index is 13.2. The van der Waals surface area contributed by atoms with E-state index in [9.17, 15) is 4.79 Å². The fourth-order valence-corrected chi connectivity index (χ4v) is 4.19. The van der Waals surface area contributed by atoms with Gasteiger partial charge in [-0.25, -0.2) is 4.98 Å². The molecule has 2 aliphatic rings. The van der Waals surface area contributed by atoms with Gasteiger partial charge in [0.1, 0.15) is 6.61 Å². The molecule has 1 saturated carbocycles. The van der Waals surface area contributed by atoms with Crippen molar-refractivity contribution in [3.8, 4) is 0 Å². The van der Waals surface area contributed by atoms with Gasteiger partial charge in [-0.2, -0.15) is 10.2 Å². The number of carbonyl (C=O) groups is 1. The Labute approximate surface area is 152 Å². The van der Waals surface area contributed by atoms with Crippen LogP contribution in [0.15, 0.2) is 0 Å². The van der Waals surface area contributed by atoms with E-state index in [2.05, 4.69) is 20.3 Å². The molecule has 1 aliphatic heterocycles. The van der Waals surface area contributed by atoms with Crippen molar-refractivity contribution < 1.29 is 9.53 Å². The molecule has 3 heterocycles. The van der Waals surface area contributed by atoms with Gasteiger partial charge in [0.2, 0.25) is 0 Å². The van der Waals surface area contributed by atoms with Crippen molar-refractivity contribution in [1.29, 1.82) is 0 Å². The van der Waals surface area contributed by atoms with Crippen LogP contribution in [0.4, 0.5) is 0 Å². The Balaban J connectivity index is 1.58. The fourth-order valence-electron chi connectivity index (χ4n) is 4.19. The Morgan fingerprint density at radius 1 is 1.31 bits per heavy atom. The van der Waals surface area contributed by atoms with Crippen LogP contribution < -0.4 is 0 Å². The van der Waals surface area contributed by atoms with Gasteiger partial charge in [-0.15, -0.1) is 0 Å². The Morgan fingerprint density at radius 3 is 2.69 bits per heavy atom. The predicted octanol–water partition coefficient (Wildman–Crippen LogP) is 1.57. The molecule has 2 atom stereocenters. The number of rotatable bonds is 5. The summed E-state index contributed by atoms with van der Waals surface area (Å²) in [5, 5.41) is 11.8. The maximum atomic E-state index is 13.2. The molecule has 0 unspecified atom stereocenters. The molecule has 0 bridgehead atoms. The van der Waals surface area contributed by atoms with E-state index in [4.69, 9.17) is 4.74 Å². The number of hydrogen-bond donors (Lipinski definition) is 1. The molecule has 4 rings (SSSR count). The van der Waals surface area contributed by atoms with Gasteiger partial charge in [0.15, 0.2) is 11.6 Å². The summed E-state index contributed by atoms with van der Waals surface area (Å²) in [6.45, 7) is 5.71. The number of amides is 1. The Hall–Kier alpha value is -2.22. The molecule has 1 amide bonds. The second-order valence-electron chi connectivity index (χ2n) is 7.56. The van der Waals surface area contributed by atoms with Crippen LogP contribution in [0.1, 0.15) is 52.2 Å². The molecule has 2 fully saturated rings. The van der Waals surface area contributed by atoms with Gasteiger partial charge >= 0.3 is 0 Å². The van der Waals surface area contributed by atoms with Crippen LogP contribution in [-0.2, 0) is 18.4 Å². The van der Waals surface area contributed by atoms with E-state index in [-0.39, 0.29) is 11.8 Å². The van der Waals surface area contributed by atoms with Crippen LogP contribution in [-0.4, -0.2) is 56.0 Å². The summed E-state index contributed by atoms with van der Waals surface area (Å²) in [7, 11) is 3.52. The second-order valence-corrected chi connectivity index (χ2v) is 7.56. The predicted molar refractivity (Wildman–Crippen MR) is 94.6 cm³/mol. The summed E-state index contributed by atoms with van der Waals surface area (Å²) < 4.78 is 6.91. The zero-order valence-corrected chi connectivity index (χ0v) is 15.8. The molecule has 26 heavy (non-hydrogen) atoms. The third-order valence-electron chi connectivity index (χ3n) is 5.76. The Kier molecular flexibility index (Phi) is 4.30. The highest BCUT2D eigenvalue weighted by atomic mass is 16.5. The van der Waals surface area contributed by atoms with Gasteiger partial charge < -0.3 is 9.64 Å². The molecule has 0 spiro atoms. The smallest absolute Gasteiger partial charge is 0.257 e.